The number of benzene rings is 1. The number of nitrogens with zero attached hydrogens (tertiary/aromatic N) is 3. The van der Waals surface area contributed by atoms with E-state index in [1.807, 2.05) is 29.2 Å². The number of para-hydroxylation sites is 1. The second-order valence-electron chi connectivity index (χ2n) is 6.62. The van der Waals surface area contributed by atoms with Crippen LogP contribution in [0.3, 0.4) is 0 Å². The van der Waals surface area contributed by atoms with E-state index < -0.39 is 17.2 Å². The standard InChI is InChI=1S/C19H15FN4O3S/c20-11-9-10-15(25)14(19(26)27)18-24(12-3-1-2-4-13(12)28-18)16(10)22-17(11)23-7-5-21-6-8-23/h1-4,9,21H,5-8H2,(H,26,27). The molecule has 0 unspecified atom stereocenters. The lowest BCUT2D eigenvalue weighted by atomic mass is 10.2. The second kappa shape index (κ2) is 6.25. The van der Waals surface area contributed by atoms with Crippen LogP contribution in [0.1, 0.15) is 10.4 Å². The van der Waals surface area contributed by atoms with Crippen LogP contribution < -0.4 is 15.6 Å². The third-order valence-electron chi connectivity index (χ3n) is 4.98. The van der Waals surface area contributed by atoms with Crippen LogP contribution in [0.2, 0.25) is 0 Å². The molecular weight excluding hydrogens is 383 g/mol. The van der Waals surface area contributed by atoms with Crippen LogP contribution in [0, 0.1) is 5.82 Å². The largest absolute Gasteiger partial charge is 0.477 e. The number of aromatic nitrogens is 2. The molecule has 4 heterocycles. The molecule has 142 valence electrons. The van der Waals surface area contributed by atoms with E-state index in [0.717, 1.165) is 16.3 Å². The zero-order chi connectivity index (χ0) is 19.4. The summed E-state index contributed by atoms with van der Waals surface area (Å²) in [5, 5.41) is 12.8. The number of carboxylic acids is 1. The minimum atomic E-state index is -1.33. The molecule has 0 amide bonds. The number of hydrogen-bond acceptors (Lipinski definition) is 6. The molecule has 9 heteroatoms. The highest BCUT2D eigenvalue weighted by Gasteiger charge is 2.25. The molecule has 1 aromatic carbocycles. The first-order chi connectivity index (χ1) is 13.6. The summed E-state index contributed by atoms with van der Waals surface area (Å²) in [6.07, 6.45) is 0. The normalized spacial score (nSPS) is 15.0. The van der Waals surface area contributed by atoms with E-state index in [-0.39, 0.29) is 22.4 Å². The summed E-state index contributed by atoms with van der Waals surface area (Å²) < 4.78 is 17.3. The van der Waals surface area contributed by atoms with Gasteiger partial charge in [-0.1, -0.05) is 12.1 Å². The Morgan fingerprint density at radius 3 is 2.75 bits per heavy atom. The number of carboxylic acid groups (broad SMARTS) is 1. The van der Waals surface area contributed by atoms with Crippen molar-refractivity contribution in [2.45, 2.75) is 0 Å². The van der Waals surface area contributed by atoms with E-state index in [9.17, 15) is 19.1 Å². The van der Waals surface area contributed by atoms with E-state index in [2.05, 4.69) is 10.3 Å². The first-order valence-corrected chi connectivity index (χ1v) is 9.63. The number of fused-ring (bicyclic) bond motifs is 5. The molecule has 3 aromatic heterocycles. The lowest BCUT2D eigenvalue weighted by Gasteiger charge is -2.28. The van der Waals surface area contributed by atoms with Crippen molar-refractivity contribution < 1.29 is 14.3 Å². The number of pyridine rings is 2. The predicted molar refractivity (Wildman–Crippen MR) is 106 cm³/mol. The molecule has 2 N–H and O–H groups in total. The van der Waals surface area contributed by atoms with Gasteiger partial charge in [-0.3, -0.25) is 9.20 Å². The first kappa shape index (κ1) is 17.1. The summed E-state index contributed by atoms with van der Waals surface area (Å²) in [6, 6.07) is 8.49. The Hall–Kier alpha value is -3.04. The molecule has 0 bridgehead atoms. The smallest absolute Gasteiger partial charge is 0.342 e. The van der Waals surface area contributed by atoms with Crippen LogP contribution >= 0.6 is 11.3 Å². The number of thiazole rings is 1. The maximum atomic E-state index is 14.8. The molecule has 1 saturated heterocycles. The van der Waals surface area contributed by atoms with Gasteiger partial charge in [-0.2, -0.15) is 0 Å². The van der Waals surface area contributed by atoms with Crippen molar-refractivity contribution in [2.75, 3.05) is 31.1 Å². The third kappa shape index (κ3) is 2.40. The molecule has 0 radical (unpaired) electrons. The second-order valence-corrected chi connectivity index (χ2v) is 7.65. The van der Waals surface area contributed by atoms with Crippen molar-refractivity contribution in [1.82, 2.24) is 14.7 Å². The van der Waals surface area contributed by atoms with Crippen LogP contribution in [0.15, 0.2) is 35.1 Å². The number of aromatic carboxylic acids is 1. The van der Waals surface area contributed by atoms with Gasteiger partial charge in [0, 0.05) is 26.2 Å². The Labute approximate surface area is 161 Å². The summed E-state index contributed by atoms with van der Waals surface area (Å²) >= 11 is 1.22. The Kier molecular flexibility index (Phi) is 3.81. The van der Waals surface area contributed by atoms with Crippen molar-refractivity contribution in [3.8, 4) is 0 Å². The van der Waals surface area contributed by atoms with Gasteiger partial charge >= 0.3 is 5.97 Å². The highest BCUT2D eigenvalue weighted by molar-refractivity contribution is 7.24. The van der Waals surface area contributed by atoms with E-state index in [4.69, 9.17) is 0 Å². The van der Waals surface area contributed by atoms with Gasteiger partial charge in [-0.25, -0.2) is 14.2 Å². The Morgan fingerprint density at radius 2 is 2.00 bits per heavy atom. The van der Waals surface area contributed by atoms with E-state index >= 15 is 0 Å². The highest BCUT2D eigenvalue weighted by atomic mass is 32.1. The Morgan fingerprint density at radius 1 is 1.25 bits per heavy atom. The van der Waals surface area contributed by atoms with Crippen LogP contribution in [0.5, 0.6) is 0 Å². The van der Waals surface area contributed by atoms with E-state index in [0.29, 0.717) is 31.0 Å². The molecule has 0 spiro atoms. The maximum Gasteiger partial charge on any atom is 0.342 e. The molecule has 0 saturated carbocycles. The fourth-order valence-corrected chi connectivity index (χ4v) is 4.86. The van der Waals surface area contributed by atoms with Crippen molar-refractivity contribution in [3.05, 3.63) is 51.9 Å². The van der Waals surface area contributed by atoms with Gasteiger partial charge in [0.15, 0.2) is 17.3 Å². The Balaban J connectivity index is 1.95. The molecule has 4 aromatic rings. The van der Waals surface area contributed by atoms with E-state index in [1.54, 1.807) is 4.40 Å². The monoisotopic (exact) mass is 398 g/mol. The molecule has 0 atom stereocenters. The van der Waals surface area contributed by atoms with Gasteiger partial charge in [-0.05, 0) is 18.2 Å². The lowest BCUT2D eigenvalue weighted by molar-refractivity contribution is 0.0697. The number of carbonyl (C=O) groups is 1. The summed E-state index contributed by atoms with van der Waals surface area (Å²) in [5.74, 6) is -1.77. The fourth-order valence-electron chi connectivity index (χ4n) is 3.69. The third-order valence-corrected chi connectivity index (χ3v) is 6.13. The van der Waals surface area contributed by atoms with Gasteiger partial charge in [0.05, 0.1) is 15.6 Å². The van der Waals surface area contributed by atoms with Gasteiger partial charge in [0.2, 0.25) is 5.43 Å². The summed E-state index contributed by atoms with van der Waals surface area (Å²) in [6.45, 7) is 2.64. The lowest BCUT2D eigenvalue weighted by Crippen LogP contribution is -2.44. The predicted octanol–water partition coefficient (Wildman–Crippen LogP) is 2.31. The topological polar surface area (TPSA) is 86.9 Å². The van der Waals surface area contributed by atoms with Crippen molar-refractivity contribution >= 4 is 49.2 Å². The molecule has 1 fully saturated rings. The summed E-state index contributed by atoms with van der Waals surface area (Å²) in [4.78, 5) is 31.3. The van der Waals surface area contributed by atoms with Crippen molar-refractivity contribution in [1.29, 1.82) is 0 Å². The number of anilines is 1. The maximum absolute atomic E-state index is 14.8. The molecular formula is C19H15FN4O3S. The SMILES string of the molecule is O=C(O)c1c(=O)c2cc(F)c(N3CCNCC3)nc2n2c1sc1ccccc12. The quantitative estimate of drug-likeness (QED) is 0.539. The van der Waals surface area contributed by atoms with E-state index in [1.165, 1.54) is 11.3 Å². The van der Waals surface area contributed by atoms with Gasteiger partial charge in [0.25, 0.3) is 0 Å². The summed E-state index contributed by atoms with van der Waals surface area (Å²) in [7, 11) is 0. The van der Waals surface area contributed by atoms with Crippen molar-refractivity contribution in [3.63, 3.8) is 0 Å². The summed E-state index contributed by atoms with van der Waals surface area (Å²) in [5.41, 5.74) is -0.0603. The van der Waals surface area contributed by atoms with Crippen LogP contribution in [0.25, 0.3) is 26.1 Å². The van der Waals surface area contributed by atoms with Gasteiger partial charge < -0.3 is 15.3 Å². The highest BCUT2D eigenvalue weighted by Crippen LogP contribution is 2.32. The van der Waals surface area contributed by atoms with Gasteiger partial charge in [-0.15, -0.1) is 11.3 Å². The number of piperazine rings is 1. The molecule has 1 aliphatic heterocycles. The molecule has 1 aliphatic rings. The fraction of sp³-hybridized carbons (Fsp3) is 0.211. The molecule has 0 aliphatic carbocycles. The number of halogens is 1. The zero-order valence-electron chi connectivity index (χ0n) is 14.6. The minimum Gasteiger partial charge on any atom is -0.477 e. The average Bonchev–Trinajstić information content (AvgIpc) is 3.07. The van der Waals surface area contributed by atoms with Crippen LogP contribution in [-0.2, 0) is 0 Å². The Bertz CT molecular complexity index is 1320. The number of nitrogens with one attached hydrogen (secondary N) is 1. The van der Waals surface area contributed by atoms with Crippen LogP contribution in [0.4, 0.5) is 10.2 Å². The molecule has 28 heavy (non-hydrogen) atoms. The molecule has 7 nitrogen and oxygen atoms in total. The van der Waals surface area contributed by atoms with Crippen LogP contribution in [-0.4, -0.2) is 46.6 Å². The average molecular weight is 398 g/mol. The zero-order valence-corrected chi connectivity index (χ0v) is 15.4. The van der Waals surface area contributed by atoms with Gasteiger partial charge in [0.1, 0.15) is 10.4 Å². The molecule has 5 rings (SSSR count). The first-order valence-electron chi connectivity index (χ1n) is 8.81. The number of rotatable bonds is 2. The minimum absolute atomic E-state index is 0.0326. The number of hydrogen-bond donors (Lipinski definition) is 2. The van der Waals surface area contributed by atoms with Crippen molar-refractivity contribution in [2.24, 2.45) is 0 Å².